The molecule has 1 fully saturated rings. The van der Waals surface area contributed by atoms with Gasteiger partial charge in [0.25, 0.3) is 0 Å². The van der Waals surface area contributed by atoms with Crippen molar-refractivity contribution >= 4 is 0 Å². The largest absolute Gasteiger partial charge is 0.356 e. The Balaban J connectivity index is 2.50. The highest BCUT2D eigenvalue weighted by atomic mass is 16.6. The maximum absolute atomic E-state index is 4.96. The lowest BCUT2D eigenvalue weighted by atomic mass is 10.2. The predicted octanol–water partition coefficient (Wildman–Crippen LogP) is 0.799. The van der Waals surface area contributed by atoms with Crippen molar-refractivity contribution in [3.05, 3.63) is 0 Å². The molecule has 0 bridgehead atoms. The average Bonchev–Trinajstić information content (AvgIpc) is 2.22. The number of hydrogen-bond acceptors (Lipinski definition) is 1. The minimum atomic E-state index is -0.0608. The topological polar surface area (TPSA) is 12.5 Å². The van der Waals surface area contributed by atoms with E-state index < -0.39 is 0 Å². The molecule has 1 heterocycles. The second-order valence-corrected chi connectivity index (χ2v) is 1.89. The summed E-state index contributed by atoms with van der Waals surface area (Å²) in [4.78, 5) is 0. The Morgan fingerprint density at radius 1 is 1.71 bits per heavy atom. The van der Waals surface area contributed by atoms with Crippen LogP contribution in [-0.4, -0.2) is 12.2 Å². The smallest absolute Gasteiger partial charge is 0.149 e. The Morgan fingerprint density at radius 2 is 2.29 bits per heavy atom. The van der Waals surface area contributed by atoms with Crippen LogP contribution in [0.25, 0.3) is 0 Å². The molecular formula is C6H8O. The molecule has 0 aromatic heterocycles. The number of rotatable bonds is 0. The van der Waals surface area contributed by atoms with Crippen LogP contribution in [0.5, 0.6) is 0 Å². The molecule has 0 N–H and O–H groups in total. The maximum atomic E-state index is 4.96. The molecule has 1 rings (SSSR count). The van der Waals surface area contributed by atoms with E-state index in [0.29, 0.717) is 0 Å². The standard InChI is InChI=1S/C6H8O/c1-3-4-6(2)5-7-6/h5H2,1-2H3. The Kier molecular flexibility index (Phi) is 0.831. The average molecular weight is 96.1 g/mol. The van der Waals surface area contributed by atoms with E-state index in [1.54, 1.807) is 0 Å². The van der Waals surface area contributed by atoms with E-state index in [4.69, 9.17) is 4.74 Å². The minimum absolute atomic E-state index is 0.0608. The second kappa shape index (κ2) is 1.24. The third kappa shape index (κ3) is 0.942. The van der Waals surface area contributed by atoms with Gasteiger partial charge in [-0.15, -0.1) is 5.92 Å². The fourth-order valence-corrected chi connectivity index (χ4v) is 0.445. The summed E-state index contributed by atoms with van der Waals surface area (Å²) in [6, 6.07) is 0. The fourth-order valence-electron chi connectivity index (χ4n) is 0.445. The summed E-state index contributed by atoms with van der Waals surface area (Å²) in [5.41, 5.74) is -0.0608. The summed E-state index contributed by atoms with van der Waals surface area (Å²) < 4.78 is 4.96. The lowest BCUT2D eigenvalue weighted by Crippen LogP contribution is -1.96. The summed E-state index contributed by atoms with van der Waals surface area (Å²) in [6.07, 6.45) is 0. The third-order valence-electron chi connectivity index (χ3n) is 0.967. The van der Waals surface area contributed by atoms with Crippen molar-refractivity contribution in [2.45, 2.75) is 19.4 Å². The molecule has 1 aliphatic heterocycles. The molecule has 7 heavy (non-hydrogen) atoms. The monoisotopic (exact) mass is 96.1 g/mol. The first-order chi connectivity index (χ1) is 3.27. The zero-order chi connectivity index (χ0) is 5.33. The summed E-state index contributed by atoms with van der Waals surface area (Å²) in [6.45, 7) is 4.63. The van der Waals surface area contributed by atoms with Gasteiger partial charge in [0.15, 0.2) is 0 Å². The molecule has 1 nitrogen and oxygen atoms in total. The van der Waals surface area contributed by atoms with Crippen molar-refractivity contribution in [3.8, 4) is 11.8 Å². The van der Waals surface area contributed by atoms with E-state index in [2.05, 4.69) is 11.8 Å². The van der Waals surface area contributed by atoms with Crippen molar-refractivity contribution in [2.75, 3.05) is 6.61 Å². The molecule has 1 heteroatoms. The first-order valence-electron chi connectivity index (χ1n) is 2.35. The predicted molar refractivity (Wildman–Crippen MR) is 27.8 cm³/mol. The van der Waals surface area contributed by atoms with Gasteiger partial charge in [0, 0.05) is 0 Å². The highest BCUT2D eigenvalue weighted by Crippen LogP contribution is 2.23. The second-order valence-electron chi connectivity index (χ2n) is 1.89. The number of ether oxygens (including phenoxy) is 1. The summed E-state index contributed by atoms with van der Waals surface area (Å²) >= 11 is 0. The zero-order valence-electron chi connectivity index (χ0n) is 4.62. The van der Waals surface area contributed by atoms with Gasteiger partial charge in [-0.2, -0.15) is 0 Å². The van der Waals surface area contributed by atoms with E-state index >= 15 is 0 Å². The summed E-state index contributed by atoms with van der Waals surface area (Å²) in [5.74, 6) is 5.72. The van der Waals surface area contributed by atoms with Crippen molar-refractivity contribution in [1.82, 2.24) is 0 Å². The maximum Gasteiger partial charge on any atom is 0.149 e. The van der Waals surface area contributed by atoms with Crippen LogP contribution in [0.3, 0.4) is 0 Å². The van der Waals surface area contributed by atoms with E-state index in [0.717, 1.165) is 6.61 Å². The van der Waals surface area contributed by atoms with Crippen LogP contribution in [-0.2, 0) is 4.74 Å². The molecule has 1 unspecified atom stereocenters. The molecule has 0 spiro atoms. The molecule has 0 aromatic carbocycles. The lowest BCUT2D eigenvalue weighted by Gasteiger charge is -1.83. The lowest BCUT2D eigenvalue weighted by molar-refractivity contribution is 0.378. The van der Waals surface area contributed by atoms with Gasteiger partial charge in [0.1, 0.15) is 5.60 Å². The third-order valence-corrected chi connectivity index (χ3v) is 0.967. The van der Waals surface area contributed by atoms with Crippen molar-refractivity contribution in [2.24, 2.45) is 0 Å². The fraction of sp³-hybridized carbons (Fsp3) is 0.667. The Labute approximate surface area is 43.7 Å². The molecule has 1 atom stereocenters. The van der Waals surface area contributed by atoms with E-state index in [1.165, 1.54) is 0 Å². The van der Waals surface area contributed by atoms with Crippen molar-refractivity contribution in [3.63, 3.8) is 0 Å². The SMILES string of the molecule is CC#CC1(C)CO1. The van der Waals surface area contributed by atoms with Crippen LogP contribution in [0.4, 0.5) is 0 Å². The highest BCUT2D eigenvalue weighted by molar-refractivity contribution is 5.17. The molecular weight excluding hydrogens is 88.1 g/mol. The van der Waals surface area contributed by atoms with Crippen molar-refractivity contribution in [1.29, 1.82) is 0 Å². The zero-order valence-corrected chi connectivity index (χ0v) is 4.62. The van der Waals surface area contributed by atoms with Crippen LogP contribution in [0, 0.1) is 11.8 Å². The number of hydrogen-bond donors (Lipinski definition) is 0. The first kappa shape index (κ1) is 4.67. The number of epoxide rings is 1. The van der Waals surface area contributed by atoms with Gasteiger partial charge in [0.05, 0.1) is 6.61 Å². The van der Waals surface area contributed by atoms with Crippen molar-refractivity contribution < 1.29 is 4.74 Å². The molecule has 38 valence electrons. The summed E-state index contributed by atoms with van der Waals surface area (Å²) in [5, 5.41) is 0. The normalized spacial score (nSPS) is 36.3. The minimum Gasteiger partial charge on any atom is -0.356 e. The summed E-state index contributed by atoms with van der Waals surface area (Å²) in [7, 11) is 0. The quantitative estimate of drug-likeness (QED) is 0.321. The van der Waals surface area contributed by atoms with E-state index in [-0.39, 0.29) is 5.60 Å². The van der Waals surface area contributed by atoms with Crippen LogP contribution in [0.15, 0.2) is 0 Å². The van der Waals surface area contributed by atoms with E-state index in [9.17, 15) is 0 Å². The molecule has 0 aliphatic carbocycles. The van der Waals surface area contributed by atoms with Crippen LogP contribution in [0.1, 0.15) is 13.8 Å². The van der Waals surface area contributed by atoms with E-state index in [1.807, 2.05) is 13.8 Å². The molecule has 0 aromatic rings. The molecule has 1 saturated heterocycles. The van der Waals surface area contributed by atoms with Crippen LogP contribution >= 0.6 is 0 Å². The van der Waals surface area contributed by atoms with Gasteiger partial charge in [-0.25, -0.2) is 0 Å². The van der Waals surface area contributed by atoms with Crippen LogP contribution < -0.4 is 0 Å². The Hall–Kier alpha value is -0.480. The Morgan fingerprint density at radius 3 is 2.43 bits per heavy atom. The molecule has 0 saturated carbocycles. The molecule has 0 amide bonds. The van der Waals surface area contributed by atoms with Gasteiger partial charge >= 0.3 is 0 Å². The first-order valence-corrected chi connectivity index (χ1v) is 2.35. The molecule has 1 aliphatic rings. The van der Waals surface area contributed by atoms with Gasteiger partial charge in [0.2, 0.25) is 0 Å². The Bertz CT molecular complexity index is 123. The van der Waals surface area contributed by atoms with Gasteiger partial charge < -0.3 is 4.74 Å². The van der Waals surface area contributed by atoms with Crippen LogP contribution in [0.2, 0.25) is 0 Å². The highest BCUT2D eigenvalue weighted by Gasteiger charge is 2.36. The molecule has 0 radical (unpaired) electrons. The van der Waals surface area contributed by atoms with Gasteiger partial charge in [-0.3, -0.25) is 0 Å². The van der Waals surface area contributed by atoms with Gasteiger partial charge in [-0.1, -0.05) is 5.92 Å². The van der Waals surface area contributed by atoms with Gasteiger partial charge in [-0.05, 0) is 13.8 Å².